The number of hydrogen-bond acceptors (Lipinski definition) is 5. The van der Waals surface area contributed by atoms with Crippen molar-refractivity contribution in [2.24, 2.45) is 5.92 Å². The van der Waals surface area contributed by atoms with Gasteiger partial charge in [0, 0.05) is 16.7 Å². The first kappa shape index (κ1) is 37.1. The highest BCUT2D eigenvalue weighted by molar-refractivity contribution is 7.92. The number of nitrogens with one attached hydrogen (secondary N) is 2. The number of aromatic amines is 1. The van der Waals surface area contributed by atoms with E-state index in [-0.39, 0.29) is 17.1 Å². The molecular weight excluding hydrogens is 606 g/mol. The van der Waals surface area contributed by atoms with Crippen LogP contribution in [-0.4, -0.2) is 45.1 Å². The first-order valence-electron chi connectivity index (χ1n) is 17.1. The van der Waals surface area contributed by atoms with Gasteiger partial charge in [-0.05, 0) is 24.5 Å². The number of carbonyl (C=O) groups excluding carboxylic acids is 1. The molecule has 0 aliphatic heterocycles. The molecule has 252 valence electrons. The van der Waals surface area contributed by atoms with E-state index in [0.29, 0.717) is 34.2 Å². The molecule has 1 amide bonds. The molecular formula is C35H56ClN5O3S. The van der Waals surface area contributed by atoms with Gasteiger partial charge in [-0.1, -0.05) is 149 Å². The van der Waals surface area contributed by atoms with Gasteiger partial charge < -0.3 is 5.32 Å². The first-order valence-corrected chi connectivity index (χ1v) is 19.2. The average Bonchev–Trinajstić information content (AvgIpc) is 3.52. The van der Waals surface area contributed by atoms with Crippen LogP contribution in [0.1, 0.15) is 137 Å². The van der Waals surface area contributed by atoms with Crippen molar-refractivity contribution < 1.29 is 13.2 Å². The second-order valence-electron chi connectivity index (χ2n) is 13.9. The summed E-state index contributed by atoms with van der Waals surface area (Å²) in [5.41, 5.74) is 2.37. The molecule has 3 rings (SSSR count). The molecule has 1 aromatic carbocycles. The summed E-state index contributed by atoms with van der Waals surface area (Å²) >= 11 is 6.59. The lowest BCUT2D eigenvalue weighted by atomic mass is 9.92. The minimum absolute atomic E-state index is 0.0311. The number of benzene rings is 1. The molecule has 2 aromatic heterocycles. The monoisotopic (exact) mass is 661 g/mol. The molecule has 0 aliphatic carbocycles. The molecule has 0 saturated carbocycles. The van der Waals surface area contributed by atoms with E-state index < -0.39 is 21.0 Å². The van der Waals surface area contributed by atoms with E-state index in [1.54, 1.807) is 36.7 Å². The summed E-state index contributed by atoms with van der Waals surface area (Å²) < 4.78 is 28.2. The maximum absolute atomic E-state index is 13.3. The van der Waals surface area contributed by atoms with E-state index in [1.807, 2.05) is 6.07 Å². The summed E-state index contributed by atoms with van der Waals surface area (Å²) in [7, 11) is -3.61. The van der Waals surface area contributed by atoms with E-state index in [2.05, 4.69) is 48.2 Å². The quantitative estimate of drug-likeness (QED) is 0.117. The molecule has 8 nitrogen and oxygen atoms in total. The second-order valence-corrected chi connectivity index (χ2v) is 16.5. The van der Waals surface area contributed by atoms with Crippen LogP contribution in [0.3, 0.4) is 0 Å². The third-order valence-corrected chi connectivity index (χ3v) is 11.2. The Balaban J connectivity index is 1.47. The van der Waals surface area contributed by atoms with Gasteiger partial charge in [-0.2, -0.15) is 4.63 Å². The molecule has 3 aromatic rings. The molecule has 45 heavy (non-hydrogen) atoms. The minimum Gasteiger partial charge on any atom is -0.325 e. The molecule has 0 fully saturated rings. The fourth-order valence-corrected chi connectivity index (χ4v) is 8.40. The topological polar surface area (TPSA) is 109 Å². The number of H-pyrrole nitrogens is 1. The third kappa shape index (κ3) is 11.1. The lowest BCUT2D eigenvalue weighted by Crippen LogP contribution is -2.40. The number of hydrogen-bond donors (Lipinski definition) is 2. The van der Waals surface area contributed by atoms with Gasteiger partial charge in [0.25, 0.3) is 0 Å². The van der Waals surface area contributed by atoms with Crippen molar-refractivity contribution in [3.05, 3.63) is 35.0 Å². The highest BCUT2D eigenvalue weighted by Gasteiger charge is 2.35. The van der Waals surface area contributed by atoms with Gasteiger partial charge in [-0.15, -0.1) is 5.10 Å². The third-order valence-electron chi connectivity index (χ3n) is 8.41. The molecule has 1 atom stereocenters. The van der Waals surface area contributed by atoms with Crippen LogP contribution >= 0.6 is 11.6 Å². The van der Waals surface area contributed by atoms with Crippen LogP contribution in [0.4, 0.5) is 5.69 Å². The Labute approximate surface area is 276 Å². The second kappa shape index (κ2) is 17.5. The number of amides is 1. The van der Waals surface area contributed by atoms with Gasteiger partial charge >= 0.3 is 0 Å². The number of halogens is 1. The number of sulfone groups is 1. The van der Waals surface area contributed by atoms with Crippen molar-refractivity contribution in [1.82, 2.24) is 19.8 Å². The Morgan fingerprint density at radius 2 is 1.49 bits per heavy atom. The largest absolute Gasteiger partial charge is 0.325 e. The number of fused-ring (bicyclic) bond motifs is 1. The van der Waals surface area contributed by atoms with Gasteiger partial charge in [0.15, 0.2) is 21.3 Å². The summed E-state index contributed by atoms with van der Waals surface area (Å²) in [6.07, 6.45) is 16.9. The van der Waals surface area contributed by atoms with Crippen molar-refractivity contribution in [2.45, 2.75) is 142 Å². The predicted molar refractivity (Wildman–Crippen MR) is 188 cm³/mol. The van der Waals surface area contributed by atoms with Crippen LogP contribution in [-0.2, 0) is 20.0 Å². The van der Waals surface area contributed by atoms with E-state index in [9.17, 15) is 13.2 Å². The van der Waals surface area contributed by atoms with Crippen LogP contribution in [0, 0.1) is 5.92 Å². The van der Waals surface area contributed by atoms with E-state index in [4.69, 9.17) is 11.6 Å². The lowest BCUT2D eigenvalue weighted by molar-refractivity contribution is -0.116. The van der Waals surface area contributed by atoms with E-state index in [0.717, 1.165) is 25.0 Å². The molecule has 0 saturated heterocycles. The minimum atomic E-state index is -3.61. The van der Waals surface area contributed by atoms with Crippen LogP contribution in [0.2, 0.25) is 5.02 Å². The van der Waals surface area contributed by atoms with Gasteiger partial charge in [0.05, 0.1) is 11.4 Å². The molecule has 0 aliphatic rings. The fourth-order valence-electron chi connectivity index (χ4n) is 5.87. The van der Waals surface area contributed by atoms with E-state index >= 15 is 0 Å². The van der Waals surface area contributed by atoms with Gasteiger partial charge in [0.1, 0.15) is 10.3 Å². The standard InChI is InChI=1S/C35H56ClN5O3S/c1-7-8-9-10-11-12-13-14-15-16-17-18-19-20-24-45(43,44)30(26(2)3)34(42)37-28-23-21-22-27(25-28)32-38-33-29(36)31(35(4,5)6)39-41(33)40-32/h21-23,25-26,30,39H,7-20,24H2,1-6H3,(H,37,42). The summed E-state index contributed by atoms with van der Waals surface area (Å²) in [6, 6.07) is 7.12. The SMILES string of the molecule is CCCCCCCCCCCCCCCCS(=O)(=O)C(C(=O)Nc1cccc(-c2nc3c(Cl)c(C(C)(C)C)[nH]n3n2)c1)C(C)C. The molecule has 0 bridgehead atoms. The first-order chi connectivity index (χ1) is 21.3. The van der Waals surface area contributed by atoms with Crippen LogP contribution < -0.4 is 5.32 Å². The summed E-state index contributed by atoms with van der Waals surface area (Å²) in [5, 5.41) is 10.0. The van der Waals surface area contributed by atoms with Crippen molar-refractivity contribution in [1.29, 1.82) is 0 Å². The van der Waals surface area contributed by atoms with Crippen molar-refractivity contribution in [3.63, 3.8) is 0 Å². The number of aromatic nitrogens is 4. The maximum Gasteiger partial charge on any atom is 0.242 e. The van der Waals surface area contributed by atoms with Crippen molar-refractivity contribution in [2.75, 3.05) is 11.1 Å². The number of rotatable bonds is 20. The summed E-state index contributed by atoms with van der Waals surface area (Å²) in [4.78, 5) is 17.9. The van der Waals surface area contributed by atoms with Crippen LogP contribution in [0.5, 0.6) is 0 Å². The Bertz CT molecular complexity index is 1460. The average molecular weight is 662 g/mol. The smallest absolute Gasteiger partial charge is 0.242 e. The Kier molecular flexibility index (Phi) is 14.4. The van der Waals surface area contributed by atoms with Crippen molar-refractivity contribution >= 4 is 38.7 Å². The van der Waals surface area contributed by atoms with Crippen LogP contribution in [0.25, 0.3) is 17.0 Å². The predicted octanol–water partition coefficient (Wildman–Crippen LogP) is 9.53. The number of carbonyl (C=O) groups is 1. The zero-order valence-corrected chi connectivity index (χ0v) is 30.0. The highest BCUT2D eigenvalue weighted by atomic mass is 35.5. The van der Waals surface area contributed by atoms with Gasteiger partial charge in [0.2, 0.25) is 5.91 Å². The highest BCUT2D eigenvalue weighted by Crippen LogP contribution is 2.32. The maximum atomic E-state index is 13.3. The normalized spacial score (nSPS) is 13.2. The molecule has 2 N–H and O–H groups in total. The Morgan fingerprint density at radius 3 is 2.00 bits per heavy atom. The summed E-state index contributed by atoms with van der Waals surface area (Å²) in [5.74, 6) is -0.371. The fraction of sp³-hybridized carbons (Fsp3) is 0.686. The van der Waals surface area contributed by atoms with E-state index in [1.165, 1.54) is 64.2 Å². The van der Waals surface area contributed by atoms with Crippen LogP contribution in [0.15, 0.2) is 24.3 Å². The number of unbranched alkanes of at least 4 members (excludes halogenated alkanes) is 13. The Morgan fingerprint density at radius 1 is 0.933 bits per heavy atom. The lowest BCUT2D eigenvalue weighted by Gasteiger charge is -2.21. The molecule has 10 heteroatoms. The van der Waals surface area contributed by atoms with Gasteiger partial charge in [-0.25, -0.2) is 13.4 Å². The number of nitrogens with zero attached hydrogens (tertiary/aromatic N) is 3. The molecule has 1 unspecified atom stereocenters. The number of anilines is 1. The molecule has 0 spiro atoms. The Hall–Kier alpha value is -2.39. The zero-order chi connectivity index (χ0) is 33.0. The van der Waals surface area contributed by atoms with Gasteiger partial charge in [-0.3, -0.25) is 9.89 Å². The van der Waals surface area contributed by atoms with Crippen molar-refractivity contribution in [3.8, 4) is 11.4 Å². The summed E-state index contributed by atoms with van der Waals surface area (Å²) in [6.45, 7) is 12.0. The molecule has 2 heterocycles. The zero-order valence-electron chi connectivity index (χ0n) is 28.4. The molecule has 0 radical (unpaired) electrons.